The van der Waals surface area contributed by atoms with E-state index in [0.29, 0.717) is 0 Å². The first kappa shape index (κ1) is 14.4. The van der Waals surface area contributed by atoms with Crippen molar-refractivity contribution >= 4 is 17.2 Å². The lowest BCUT2D eigenvalue weighted by molar-refractivity contribution is 0.338. The van der Waals surface area contributed by atoms with Crippen LogP contribution in [0.1, 0.15) is 51.5 Å². The average molecular weight is 276 g/mol. The van der Waals surface area contributed by atoms with Gasteiger partial charge in [0.1, 0.15) is 0 Å². The molecule has 104 valence electrons. The molecule has 1 saturated carbocycles. The van der Waals surface area contributed by atoms with Gasteiger partial charge in [-0.1, -0.05) is 37.5 Å². The first-order chi connectivity index (χ1) is 9.24. The summed E-state index contributed by atoms with van der Waals surface area (Å²) >= 11 is 5.89. The highest BCUT2D eigenvalue weighted by molar-refractivity contribution is 7.80. The second-order valence-electron chi connectivity index (χ2n) is 5.36. The summed E-state index contributed by atoms with van der Waals surface area (Å²) < 4.78 is 0. The molecule has 0 atom stereocenters. The first-order valence-corrected chi connectivity index (χ1v) is 7.85. The Balaban J connectivity index is 2.37. The highest BCUT2D eigenvalue weighted by Crippen LogP contribution is 2.41. The third-order valence-electron chi connectivity index (χ3n) is 4.38. The zero-order valence-electron chi connectivity index (χ0n) is 12.1. The van der Waals surface area contributed by atoms with Gasteiger partial charge in [0.15, 0.2) is 0 Å². The molecule has 2 rings (SSSR count). The predicted molar refractivity (Wildman–Crippen MR) is 84.5 cm³/mol. The van der Waals surface area contributed by atoms with Crippen molar-refractivity contribution < 1.29 is 0 Å². The zero-order valence-corrected chi connectivity index (χ0v) is 12.9. The molecule has 1 aliphatic carbocycles. The molecule has 0 aromatic carbocycles. The minimum atomic E-state index is 0.0495. The van der Waals surface area contributed by atoms with Gasteiger partial charge in [0.2, 0.25) is 0 Å². The predicted octanol–water partition coefficient (Wildman–Crippen LogP) is 3.95. The van der Waals surface area contributed by atoms with Gasteiger partial charge in [-0.25, -0.2) is 0 Å². The quantitative estimate of drug-likeness (QED) is 0.775. The van der Waals surface area contributed by atoms with Crippen LogP contribution < -0.4 is 0 Å². The topological polar surface area (TPSA) is 16.1 Å². The number of thiocarbonyl (C=S) groups is 1. The van der Waals surface area contributed by atoms with Crippen molar-refractivity contribution in [2.24, 2.45) is 0 Å². The van der Waals surface area contributed by atoms with Crippen molar-refractivity contribution in [3.63, 3.8) is 0 Å². The third kappa shape index (κ3) is 2.81. The molecule has 0 saturated heterocycles. The monoisotopic (exact) mass is 276 g/mol. The average Bonchev–Trinajstić information content (AvgIpc) is 2.50. The van der Waals surface area contributed by atoms with Crippen LogP contribution in [0.5, 0.6) is 0 Å². The Bertz CT molecular complexity index is 406. The summed E-state index contributed by atoms with van der Waals surface area (Å²) in [6, 6.07) is 4.24. The van der Waals surface area contributed by atoms with Crippen molar-refractivity contribution in [3.8, 4) is 0 Å². The molecular weight excluding hydrogens is 252 g/mol. The standard InChI is InChI=1S/C16H24N2S/c1-3-18(4-2)15(19)16(10-6-5-7-11-16)14-9-8-12-17-13-14/h8-9,12-13H,3-7,10-11H2,1-2H3. The molecular formula is C16H24N2S. The summed E-state index contributed by atoms with van der Waals surface area (Å²) in [5, 5.41) is 0. The summed E-state index contributed by atoms with van der Waals surface area (Å²) in [7, 11) is 0. The van der Waals surface area contributed by atoms with Crippen LogP contribution >= 0.6 is 12.2 Å². The van der Waals surface area contributed by atoms with Crippen LogP contribution in [0.3, 0.4) is 0 Å². The van der Waals surface area contributed by atoms with E-state index in [1.165, 1.54) is 37.7 Å². The number of hydrogen-bond donors (Lipinski definition) is 0. The molecule has 1 fully saturated rings. The van der Waals surface area contributed by atoms with E-state index < -0.39 is 0 Å². The summed E-state index contributed by atoms with van der Waals surface area (Å²) in [5.74, 6) is 0. The SMILES string of the molecule is CCN(CC)C(=S)C1(c2cccnc2)CCCCC1. The number of pyridine rings is 1. The Morgan fingerprint density at radius 2 is 1.95 bits per heavy atom. The van der Waals surface area contributed by atoms with Gasteiger partial charge >= 0.3 is 0 Å². The van der Waals surface area contributed by atoms with Crippen LogP contribution in [-0.4, -0.2) is 28.0 Å². The Kier molecular flexibility index (Phi) is 4.92. The van der Waals surface area contributed by atoms with E-state index in [-0.39, 0.29) is 5.41 Å². The van der Waals surface area contributed by atoms with Crippen LogP contribution in [-0.2, 0) is 5.41 Å². The van der Waals surface area contributed by atoms with Crippen molar-refractivity contribution in [3.05, 3.63) is 30.1 Å². The smallest absolute Gasteiger partial charge is 0.0886 e. The number of likely N-dealkylation sites (N-methyl/N-ethyl adjacent to an activating group) is 1. The molecule has 19 heavy (non-hydrogen) atoms. The lowest BCUT2D eigenvalue weighted by Crippen LogP contribution is -2.46. The maximum absolute atomic E-state index is 5.89. The van der Waals surface area contributed by atoms with Gasteiger partial charge in [-0.05, 0) is 38.3 Å². The minimum absolute atomic E-state index is 0.0495. The summed E-state index contributed by atoms with van der Waals surface area (Å²) in [4.78, 5) is 7.79. The fraction of sp³-hybridized carbons (Fsp3) is 0.625. The van der Waals surface area contributed by atoms with E-state index in [2.05, 4.69) is 29.8 Å². The Labute approximate surface area is 122 Å². The molecule has 0 radical (unpaired) electrons. The molecule has 2 nitrogen and oxygen atoms in total. The zero-order chi connectivity index (χ0) is 13.7. The Morgan fingerprint density at radius 1 is 1.26 bits per heavy atom. The fourth-order valence-electron chi connectivity index (χ4n) is 3.24. The molecule has 1 aromatic rings. The highest BCUT2D eigenvalue weighted by Gasteiger charge is 2.39. The Hall–Kier alpha value is -0.960. The van der Waals surface area contributed by atoms with E-state index in [1.54, 1.807) is 0 Å². The molecule has 3 heteroatoms. The first-order valence-electron chi connectivity index (χ1n) is 7.44. The summed E-state index contributed by atoms with van der Waals surface area (Å²) in [5.41, 5.74) is 1.36. The number of nitrogens with zero attached hydrogens (tertiary/aromatic N) is 2. The van der Waals surface area contributed by atoms with Gasteiger partial charge in [0, 0.05) is 30.9 Å². The van der Waals surface area contributed by atoms with Gasteiger partial charge in [0.05, 0.1) is 4.99 Å². The van der Waals surface area contributed by atoms with Crippen LogP contribution in [0.2, 0.25) is 0 Å². The minimum Gasteiger partial charge on any atom is -0.366 e. The molecule has 0 aliphatic heterocycles. The maximum Gasteiger partial charge on any atom is 0.0886 e. The molecule has 1 aromatic heterocycles. The summed E-state index contributed by atoms with van der Waals surface area (Å²) in [6.07, 6.45) is 10.1. The molecule has 0 bridgehead atoms. The van der Waals surface area contributed by atoms with Gasteiger partial charge in [-0.2, -0.15) is 0 Å². The lowest BCUT2D eigenvalue weighted by Gasteiger charge is -2.42. The van der Waals surface area contributed by atoms with Gasteiger partial charge < -0.3 is 4.90 Å². The van der Waals surface area contributed by atoms with Crippen molar-refractivity contribution in [2.75, 3.05) is 13.1 Å². The van der Waals surface area contributed by atoms with Gasteiger partial charge in [0.25, 0.3) is 0 Å². The fourth-order valence-corrected chi connectivity index (χ4v) is 3.82. The molecule has 1 heterocycles. The van der Waals surface area contributed by atoms with Gasteiger partial charge in [-0.15, -0.1) is 0 Å². The number of hydrogen-bond acceptors (Lipinski definition) is 2. The molecule has 1 aliphatic rings. The van der Waals surface area contributed by atoms with Crippen molar-refractivity contribution in [1.29, 1.82) is 0 Å². The van der Waals surface area contributed by atoms with E-state index >= 15 is 0 Å². The van der Waals surface area contributed by atoms with E-state index in [4.69, 9.17) is 12.2 Å². The van der Waals surface area contributed by atoms with Crippen molar-refractivity contribution in [1.82, 2.24) is 9.88 Å². The van der Waals surface area contributed by atoms with Crippen LogP contribution in [0.4, 0.5) is 0 Å². The number of aromatic nitrogens is 1. The normalized spacial score (nSPS) is 18.0. The molecule has 0 spiro atoms. The highest BCUT2D eigenvalue weighted by atomic mass is 32.1. The van der Waals surface area contributed by atoms with Crippen LogP contribution in [0.25, 0.3) is 0 Å². The largest absolute Gasteiger partial charge is 0.366 e. The molecule has 0 unspecified atom stereocenters. The van der Waals surface area contributed by atoms with Crippen LogP contribution in [0, 0.1) is 0 Å². The molecule has 0 N–H and O–H groups in total. The van der Waals surface area contributed by atoms with Crippen molar-refractivity contribution in [2.45, 2.75) is 51.4 Å². The summed E-state index contributed by atoms with van der Waals surface area (Å²) in [6.45, 7) is 6.37. The van der Waals surface area contributed by atoms with E-state index in [1.807, 2.05) is 18.5 Å². The van der Waals surface area contributed by atoms with Crippen LogP contribution in [0.15, 0.2) is 24.5 Å². The lowest BCUT2D eigenvalue weighted by atomic mass is 9.69. The Morgan fingerprint density at radius 3 is 2.47 bits per heavy atom. The van der Waals surface area contributed by atoms with E-state index in [0.717, 1.165) is 18.1 Å². The molecule has 0 amide bonds. The second kappa shape index (κ2) is 6.47. The van der Waals surface area contributed by atoms with Gasteiger partial charge in [-0.3, -0.25) is 4.98 Å². The van der Waals surface area contributed by atoms with E-state index in [9.17, 15) is 0 Å². The maximum atomic E-state index is 5.89. The second-order valence-corrected chi connectivity index (χ2v) is 5.75. The third-order valence-corrected chi connectivity index (χ3v) is 5.03. The number of rotatable bonds is 4.